The lowest BCUT2D eigenvalue weighted by molar-refractivity contribution is 0.0895. The molecule has 0 heterocycles. The lowest BCUT2D eigenvalue weighted by Gasteiger charge is -2.01. The van der Waals surface area contributed by atoms with E-state index in [9.17, 15) is 0 Å². The average molecular weight is 158 g/mol. The quantitative estimate of drug-likeness (QED) is 0.484. The Hall–Kier alpha value is -0.560. The summed E-state index contributed by atoms with van der Waals surface area (Å²) in [7, 11) is 0. The van der Waals surface area contributed by atoms with Gasteiger partial charge in [-0.1, -0.05) is 0 Å². The first-order valence-corrected chi connectivity index (χ1v) is 3.66. The Balaban J connectivity index is 3.20. The molecule has 0 aliphatic rings. The first-order valence-electron chi connectivity index (χ1n) is 3.66. The number of aliphatic hydroxyl groups is 3. The summed E-state index contributed by atoms with van der Waals surface area (Å²) in [5.74, 6) is 5.49. The topological polar surface area (TPSA) is 60.7 Å². The molecule has 0 saturated carbocycles. The van der Waals surface area contributed by atoms with Crippen LogP contribution in [0.5, 0.6) is 0 Å². The van der Waals surface area contributed by atoms with E-state index in [-0.39, 0.29) is 13.2 Å². The van der Waals surface area contributed by atoms with Crippen molar-refractivity contribution in [1.29, 1.82) is 0 Å². The second-order valence-corrected chi connectivity index (χ2v) is 2.20. The Morgan fingerprint density at radius 3 is 2.27 bits per heavy atom. The Morgan fingerprint density at radius 1 is 1.09 bits per heavy atom. The van der Waals surface area contributed by atoms with Gasteiger partial charge in [0.1, 0.15) is 0 Å². The fourth-order valence-corrected chi connectivity index (χ4v) is 0.563. The highest BCUT2D eigenvalue weighted by atomic mass is 16.3. The third-order valence-corrected chi connectivity index (χ3v) is 1.18. The molecule has 0 spiro atoms. The largest absolute Gasteiger partial charge is 0.395 e. The predicted molar refractivity (Wildman–Crippen MR) is 41.8 cm³/mol. The van der Waals surface area contributed by atoms with E-state index in [0.717, 1.165) is 0 Å². The van der Waals surface area contributed by atoms with Crippen LogP contribution in [0, 0.1) is 11.8 Å². The lowest BCUT2D eigenvalue weighted by Crippen LogP contribution is -2.10. The van der Waals surface area contributed by atoms with Gasteiger partial charge in [-0.05, 0) is 6.42 Å². The number of hydrogen-bond donors (Lipinski definition) is 3. The molecule has 11 heavy (non-hydrogen) atoms. The van der Waals surface area contributed by atoms with Crippen LogP contribution in [-0.2, 0) is 0 Å². The molecule has 0 aromatic carbocycles. The van der Waals surface area contributed by atoms with E-state index in [2.05, 4.69) is 11.8 Å². The van der Waals surface area contributed by atoms with Gasteiger partial charge in [0.15, 0.2) is 0 Å². The molecule has 1 atom stereocenters. The zero-order valence-corrected chi connectivity index (χ0v) is 6.45. The second kappa shape index (κ2) is 7.55. The average Bonchev–Trinajstić information content (AvgIpc) is 2.04. The van der Waals surface area contributed by atoms with E-state index in [0.29, 0.717) is 19.3 Å². The van der Waals surface area contributed by atoms with Gasteiger partial charge in [0.05, 0.1) is 19.3 Å². The Morgan fingerprint density at radius 2 is 1.73 bits per heavy atom. The first kappa shape index (κ1) is 10.4. The fraction of sp³-hybridized carbons (Fsp3) is 0.750. The molecule has 0 bridgehead atoms. The smallest absolute Gasteiger partial charge is 0.0780 e. The van der Waals surface area contributed by atoms with Crippen LogP contribution in [0.2, 0.25) is 0 Å². The highest BCUT2D eigenvalue weighted by Crippen LogP contribution is 1.93. The van der Waals surface area contributed by atoms with E-state index < -0.39 is 6.10 Å². The predicted octanol–water partition coefficient (Wildman–Crippen LogP) is -0.494. The lowest BCUT2D eigenvalue weighted by atomic mass is 10.2. The van der Waals surface area contributed by atoms with Gasteiger partial charge in [-0.2, -0.15) is 0 Å². The van der Waals surface area contributed by atoms with Crippen LogP contribution in [0.3, 0.4) is 0 Å². The van der Waals surface area contributed by atoms with Crippen molar-refractivity contribution in [1.82, 2.24) is 0 Å². The summed E-state index contributed by atoms with van der Waals surface area (Å²) in [5, 5.41) is 25.6. The molecule has 3 N–H and O–H groups in total. The zero-order chi connectivity index (χ0) is 8.53. The van der Waals surface area contributed by atoms with Crippen LogP contribution >= 0.6 is 0 Å². The molecule has 0 rings (SSSR count). The van der Waals surface area contributed by atoms with Crippen LogP contribution < -0.4 is 0 Å². The maximum Gasteiger partial charge on any atom is 0.0780 e. The minimum atomic E-state index is -0.654. The van der Waals surface area contributed by atoms with Crippen LogP contribution in [0.1, 0.15) is 19.3 Å². The summed E-state index contributed by atoms with van der Waals surface area (Å²) in [6.07, 6.45) is 0.893. The van der Waals surface area contributed by atoms with Gasteiger partial charge in [0.2, 0.25) is 0 Å². The highest BCUT2D eigenvalue weighted by molar-refractivity contribution is 4.98. The van der Waals surface area contributed by atoms with Gasteiger partial charge < -0.3 is 15.3 Å². The van der Waals surface area contributed by atoms with E-state index >= 15 is 0 Å². The Labute approximate surface area is 66.7 Å². The number of rotatable bonds is 4. The van der Waals surface area contributed by atoms with Crippen molar-refractivity contribution in [3.05, 3.63) is 0 Å². The third-order valence-electron chi connectivity index (χ3n) is 1.18. The Kier molecular flexibility index (Phi) is 7.16. The van der Waals surface area contributed by atoms with E-state index in [1.165, 1.54) is 0 Å². The minimum Gasteiger partial charge on any atom is -0.395 e. The molecule has 64 valence electrons. The summed E-state index contributed by atoms with van der Waals surface area (Å²) < 4.78 is 0. The van der Waals surface area contributed by atoms with Crippen molar-refractivity contribution in [3.8, 4) is 11.8 Å². The number of aliphatic hydroxyl groups excluding tert-OH is 3. The van der Waals surface area contributed by atoms with Crippen LogP contribution in [0.4, 0.5) is 0 Å². The van der Waals surface area contributed by atoms with Gasteiger partial charge in [-0.25, -0.2) is 0 Å². The molecule has 0 amide bonds. The summed E-state index contributed by atoms with van der Waals surface area (Å²) in [5.41, 5.74) is 0. The molecule has 0 aromatic heterocycles. The fourth-order valence-electron chi connectivity index (χ4n) is 0.563. The van der Waals surface area contributed by atoms with Crippen molar-refractivity contribution in [2.24, 2.45) is 0 Å². The van der Waals surface area contributed by atoms with E-state index in [4.69, 9.17) is 15.3 Å². The zero-order valence-electron chi connectivity index (χ0n) is 6.45. The molecule has 0 radical (unpaired) electrons. The van der Waals surface area contributed by atoms with Crippen molar-refractivity contribution in [2.45, 2.75) is 25.4 Å². The van der Waals surface area contributed by atoms with E-state index in [1.807, 2.05) is 0 Å². The molecular weight excluding hydrogens is 144 g/mol. The van der Waals surface area contributed by atoms with Gasteiger partial charge in [0, 0.05) is 12.8 Å². The van der Waals surface area contributed by atoms with Gasteiger partial charge >= 0.3 is 0 Å². The van der Waals surface area contributed by atoms with Crippen molar-refractivity contribution < 1.29 is 15.3 Å². The molecule has 0 aromatic rings. The molecule has 1 unspecified atom stereocenters. The standard InChI is InChI=1S/C8H14O3/c9-6-4-2-1-3-5-8(11)7-10/h8-11H,3-7H2. The summed E-state index contributed by atoms with van der Waals surface area (Å²) >= 11 is 0. The monoisotopic (exact) mass is 158 g/mol. The molecule has 3 heteroatoms. The molecular formula is C8H14O3. The van der Waals surface area contributed by atoms with Crippen molar-refractivity contribution >= 4 is 0 Å². The Bertz CT molecular complexity index is 134. The highest BCUT2D eigenvalue weighted by Gasteiger charge is 1.97. The minimum absolute atomic E-state index is 0.0789. The molecule has 0 aliphatic heterocycles. The van der Waals surface area contributed by atoms with E-state index in [1.54, 1.807) is 0 Å². The summed E-state index contributed by atoms with van der Waals surface area (Å²) in [6, 6.07) is 0. The summed E-state index contributed by atoms with van der Waals surface area (Å²) in [4.78, 5) is 0. The first-order chi connectivity index (χ1) is 5.31. The SMILES string of the molecule is OCCC#CCCC(O)CO. The van der Waals surface area contributed by atoms with Crippen LogP contribution in [-0.4, -0.2) is 34.6 Å². The maximum absolute atomic E-state index is 8.85. The second-order valence-electron chi connectivity index (χ2n) is 2.20. The van der Waals surface area contributed by atoms with Crippen LogP contribution in [0.15, 0.2) is 0 Å². The third kappa shape index (κ3) is 7.34. The van der Waals surface area contributed by atoms with Gasteiger partial charge in [-0.3, -0.25) is 0 Å². The molecule has 0 aliphatic carbocycles. The molecule has 0 fully saturated rings. The van der Waals surface area contributed by atoms with Crippen molar-refractivity contribution in [3.63, 3.8) is 0 Å². The van der Waals surface area contributed by atoms with Gasteiger partial charge in [0.25, 0.3) is 0 Å². The molecule has 3 nitrogen and oxygen atoms in total. The van der Waals surface area contributed by atoms with Gasteiger partial charge in [-0.15, -0.1) is 11.8 Å². The summed E-state index contributed by atoms with van der Waals surface area (Å²) in [6.45, 7) is -0.128. The normalized spacial score (nSPS) is 11.9. The van der Waals surface area contributed by atoms with Crippen molar-refractivity contribution in [2.75, 3.05) is 13.2 Å². The maximum atomic E-state index is 8.85. The van der Waals surface area contributed by atoms with Crippen LogP contribution in [0.25, 0.3) is 0 Å². The number of hydrogen-bond acceptors (Lipinski definition) is 3. The molecule has 0 saturated heterocycles.